The van der Waals surface area contributed by atoms with E-state index in [1.54, 1.807) is 6.07 Å². The highest BCUT2D eigenvalue weighted by Gasteiger charge is 2.08. The quantitative estimate of drug-likeness (QED) is 0.787. The average molecular weight is 239 g/mol. The fraction of sp³-hybridized carbons (Fsp3) is 0.571. The van der Waals surface area contributed by atoms with Crippen molar-refractivity contribution < 1.29 is 9.13 Å². The molecule has 0 aliphatic carbocycles. The van der Waals surface area contributed by atoms with Gasteiger partial charge in [0, 0.05) is 6.54 Å². The highest BCUT2D eigenvalue weighted by molar-refractivity contribution is 5.29. The van der Waals surface area contributed by atoms with E-state index in [4.69, 9.17) is 4.74 Å². The van der Waals surface area contributed by atoms with Crippen molar-refractivity contribution in [1.82, 2.24) is 5.32 Å². The number of halogens is 1. The van der Waals surface area contributed by atoms with E-state index in [0.29, 0.717) is 24.8 Å². The lowest BCUT2D eigenvalue weighted by atomic mass is 10.1. The number of hydrogen-bond acceptors (Lipinski definition) is 2. The van der Waals surface area contributed by atoms with Gasteiger partial charge in [-0.15, -0.1) is 0 Å². The van der Waals surface area contributed by atoms with Crippen molar-refractivity contribution in [2.75, 3.05) is 13.7 Å². The number of hydrogen-bond donors (Lipinski definition) is 1. The van der Waals surface area contributed by atoms with E-state index < -0.39 is 0 Å². The van der Waals surface area contributed by atoms with Gasteiger partial charge in [-0.3, -0.25) is 0 Å². The normalized spacial score (nSPS) is 10.9. The summed E-state index contributed by atoms with van der Waals surface area (Å²) in [5, 5.41) is 2.99. The Morgan fingerprint density at radius 2 is 2.00 bits per heavy atom. The van der Waals surface area contributed by atoms with E-state index in [1.165, 1.54) is 6.07 Å². The summed E-state index contributed by atoms with van der Waals surface area (Å²) in [5.41, 5.74) is 0.930. The van der Waals surface area contributed by atoms with Crippen molar-refractivity contribution in [3.8, 4) is 5.75 Å². The first-order chi connectivity index (χ1) is 8.21. The molecule has 0 saturated heterocycles. The molecule has 0 bridgehead atoms. The molecular weight excluding hydrogens is 217 g/mol. The second-order valence-corrected chi connectivity index (χ2v) is 4.29. The van der Waals surface area contributed by atoms with Crippen LogP contribution in [-0.2, 0) is 6.54 Å². The maximum absolute atomic E-state index is 13.7. The van der Waals surface area contributed by atoms with Crippen LogP contribution in [0.5, 0.6) is 5.75 Å². The summed E-state index contributed by atoms with van der Waals surface area (Å²) in [6.07, 6.45) is 2.13. The van der Waals surface area contributed by atoms with Crippen LogP contribution < -0.4 is 10.1 Å². The van der Waals surface area contributed by atoms with Gasteiger partial charge in [-0.25, -0.2) is 4.39 Å². The molecule has 0 saturated carbocycles. The minimum Gasteiger partial charge on any atom is -0.490 e. The molecule has 2 nitrogen and oxygen atoms in total. The molecule has 1 aromatic carbocycles. The molecule has 0 fully saturated rings. The summed E-state index contributed by atoms with van der Waals surface area (Å²) >= 11 is 0. The third-order valence-electron chi connectivity index (χ3n) is 3.01. The zero-order chi connectivity index (χ0) is 12.7. The van der Waals surface area contributed by atoms with Gasteiger partial charge in [0.15, 0.2) is 11.6 Å². The SMILES string of the molecule is CCC(CC)COc1ccc(CNC)cc1F. The molecule has 96 valence electrons. The number of benzene rings is 1. The minimum atomic E-state index is -0.274. The second kappa shape index (κ2) is 7.28. The van der Waals surface area contributed by atoms with E-state index in [2.05, 4.69) is 19.2 Å². The number of ether oxygens (including phenoxy) is 1. The topological polar surface area (TPSA) is 21.3 Å². The largest absolute Gasteiger partial charge is 0.490 e. The maximum Gasteiger partial charge on any atom is 0.165 e. The first kappa shape index (κ1) is 14.0. The van der Waals surface area contributed by atoms with Gasteiger partial charge in [0.25, 0.3) is 0 Å². The fourth-order valence-corrected chi connectivity index (χ4v) is 1.71. The lowest BCUT2D eigenvalue weighted by Crippen LogP contribution is -2.11. The molecule has 0 radical (unpaired) electrons. The Balaban J connectivity index is 2.59. The monoisotopic (exact) mass is 239 g/mol. The zero-order valence-corrected chi connectivity index (χ0v) is 10.9. The smallest absolute Gasteiger partial charge is 0.165 e. The number of rotatable bonds is 7. The summed E-state index contributed by atoms with van der Waals surface area (Å²) in [6, 6.07) is 5.13. The first-order valence-corrected chi connectivity index (χ1v) is 6.27. The molecule has 1 rings (SSSR count). The number of nitrogens with one attached hydrogen (secondary N) is 1. The van der Waals surface area contributed by atoms with Gasteiger partial charge in [0.05, 0.1) is 6.61 Å². The predicted molar refractivity (Wildman–Crippen MR) is 68.7 cm³/mol. The average Bonchev–Trinajstić information content (AvgIpc) is 2.33. The molecule has 0 heterocycles. The van der Waals surface area contributed by atoms with Crippen molar-refractivity contribution in [3.63, 3.8) is 0 Å². The van der Waals surface area contributed by atoms with Crippen LogP contribution in [0.2, 0.25) is 0 Å². The van der Waals surface area contributed by atoms with Crippen molar-refractivity contribution in [1.29, 1.82) is 0 Å². The summed E-state index contributed by atoms with van der Waals surface area (Å²) in [7, 11) is 1.84. The van der Waals surface area contributed by atoms with E-state index >= 15 is 0 Å². The highest BCUT2D eigenvalue weighted by atomic mass is 19.1. The van der Waals surface area contributed by atoms with Crippen molar-refractivity contribution >= 4 is 0 Å². The summed E-state index contributed by atoms with van der Waals surface area (Å²) in [4.78, 5) is 0. The molecule has 1 N–H and O–H groups in total. The van der Waals surface area contributed by atoms with Gasteiger partial charge in [0.1, 0.15) is 0 Å². The van der Waals surface area contributed by atoms with Gasteiger partial charge in [-0.2, -0.15) is 0 Å². The summed E-state index contributed by atoms with van der Waals surface area (Å²) < 4.78 is 19.2. The molecular formula is C14H22FNO. The van der Waals surface area contributed by atoms with Gasteiger partial charge in [0.2, 0.25) is 0 Å². The van der Waals surface area contributed by atoms with E-state index in [0.717, 1.165) is 18.4 Å². The Morgan fingerprint density at radius 3 is 2.53 bits per heavy atom. The standard InChI is InChI=1S/C14H22FNO/c1-4-11(5-2)10-17-14-7-6-12(9-16-3)8-13(14)15/h6-8,11,16H,4-5,9-10H2,1-3H3. The summed E-state index contributed by atoms with van der Waals surface area (Å²) in [6.45, 7) is 5.52. The zero-order valence-electron chi connectivity index (χ0n) is 10.9. The molecule has 0 atom stereocenters. The van der Waals surface area contributed by atoms with Crippen molar-refractivity contribution in [2.24, 2.45) is 5.92 Å². The van der Waals surface area contributed by atoms with Crippen LogP contribution >= 0.6 is 0 Å². The lowest BCUT2D eigenvalue weighted by Gasteiger charge is -2.14. The molecule has 0 aromatic heterocycles. The third-order valence-corrected chi connectivity index (χ3v) is 3.01. The van der Waals surface area contributed by atoms with Crippen LogP contribution in [0.1, 0.15) is 32.3 Å². The van der Waals surface area contributed by atoms with Crippen LogP contribution in [0.15, 0.2) is 18.2 Å². The van der Waals surface area contributed by atoms with Crippen LogP contribution in [0.25, 0.3) is 0 Å². The van der Waals surface area contributed by atoms with E-state index in [1.807, 2.05) is 13.1 Å². The highest BCUT2D eigenvalue weighted by Crippen LogP contribution is 2.20. The molecule has 1 aromatic rings. The second-order valence-electron chi connectivity index (χ2n) is 4.29. The predicted octanol–water partition coefficient (Wildman–Crippen LogP) is 3.36. The van der Waals surface area contributed by atoms with E-state index in [9.17, 15) is 4.39 Å². The van der Waals surface area contributed by atoms with Crippen LogP contribution in [0, 0.1) is 11.7 Å². The molecule has 3 heteroatoms. The Hall–Kier alpha value is -1.09. The fourth-order valence-electron chi connectivity index (χ4n) is 1.71. The Labute approximate surface area is 103 Å². The lowest BCUT2D eigenvalue weighted by molar-refractivity contribution is 0.231. The molecule has 0 unspecified atom stereocenters. The molecule has 0 aliphatic rings. The van der Waals surface area contributed by atoms with Crippen LogP contribution in [0.4, 0.5) is 4.39 Å². The molecule has 0 amide bonds. The Kier molecular flexibility index (Phi) is 5.98. The summed E-state index contributed by atoms with van der Waals surface area (Å²) in [5.74, 6) is 0.590. The van der Waals surface area contributed by atoms with Crippen molar-refractivity contribution in [2.45, 2.75) is 33.2 Å². The molecule has 0 spiro atoms. The van der Waals surface area contributed by atoms with Crippen molar-refractivity contribution in [3.05, 3.63) is 29.6 Å². The van der Waals surface area contributed by atoms with Crippen LogP contribution in [0.3, 0.4) is 0 Å². The maximum atomic E-state index is 13.7. The van der Waals surface area contributed by atoms with Gasteiger partial charge in [-0.05, 0) is 30.7 Å². The minimum absolute atomic E-state index is 0.274. The Bertz CT molecular complexity index is 337. The third kappa shape index (κ3) is 4.35. The molecule has 0 aliphatic heterocycles. The van der Waals surface area contributed by atoms with E-state index in [-0.39, 0.29) is 5.82 Å². The van der Waals surface area contributed by atoms with Gasteiger partial charge >= 0.3 is 0 Å². The Morgan fingerprint density at radius 1 is 1.29 bits per heavy atom. The van der Waals surface area contributed by atoms with Gasteiger partial charge < -0.3 is 10.1 Å². The molecule has 17 heavy (non-hydrogen) atoms. The van der Waals surface area contributed by atoms with Crippen LogP contribution in [-0.4, -0.2) is 13.7 Å². The van der Waals surface area contributed by atoms with Gasteiger partial charge in [-0.1, -0.05) is 32.8 Å². The first-order valence-electron chi connectivity index (χ1n) is 6.27.